The minimum Gasteiger partial charge on any atom is -0.377 e. The number of aromatic nitrogens is 3. The van der Waals surface area contributed by atoms with E-state index in [1.807, 2.05) is 17.5 Å². The third kappa shape index (κ3) is 4.02. The van der Waals surface area contributed by atoms with E-state index in [2.05, 4.69) is 33.5 Å². The molecule has 5 rings (SSSR count). The van der Waals surface area contributed by atoms with Crippen LogP contribution in [0, 0.1) is 0 Å². The molecule has 0 unspecified atom stereocenters. The summed E-state index contributed by atoms with van der Waals surface area (Å²) in [5.41, 5.74) is 2.28. The Kier molecular flexibility index (Phi) is 5.59. The van der Waals surface area contributed by atoms with Crippen molar-refractivity contribution in [3.8, 4) is 0 Å². The number of nitrogens with one attached hydrogen (secondary N) is 1. The van der Waals surface area contributed by atoms with Crippen LogP contribution in [-0.4, -0.2) is 77.8 Å². The van der Waals surface area contributed by atoms with E-state index in [0.717, 1.165) is 57.9 Å². The Bertz CT molecular complexity index is 900. The molecule has 0 aliphatic carbocycles. The maximum atomic E-state index is 12.0. The number of ether oxygens (including phenoxy) is 1. The molecule has 1 spiro atoms. The lowest BCUT2D eigenvalue weighted by Gasteiger charge is -2.43. The summed E-state index contributed by atoms with van der Waals surface area (Å²) < 4.78 is 7.36. The molecule has 0 atom stereocenters. The molecule has 30 heavy (non-hydrogen) atoms. The van der Waals surface area contributed by atoms with Crippen molar-refractivity contribution in [2.24, 2.45) is 0 Å². The van der Waals surface area contributed by atoms with Crippen molar-refractivity contribution in [1.82, 2.24) is 29.9 Å². The zero-order valence-electron chi connectivity index (χ0n) is 17.4. The second kappa shape index (κ2) is 8.35. The van der Waals surface area contributed by atoms with Crippen LogP contribution < -0.4 is 9.96 Å². The lowest BCUT2D eigenvalue weighted by Crippen LogP contribution is -2.61. The molecule has 0 bridgehead atoms. The number of aryl methyl sites for hydroxylation is 1. The number of carbonyl (C=O) groups is 1. The van der Waals surface area contributed by atoms with Crippen molar-refractivity contribution in [3.05, 3.63) is 27.7 Å². The highest BCUT2D eigenvalue weighted by Crippen LogP contribution is 2.40. The van der Waals surface area contributed by atoms with Crippen LogP contribution in [0.25, 0.3) is 0 Å². The first kappa shape index (κ1) is 20.1. The van der Waals surface area contributed by atoms with Crippen LogP contribution in [0.15, 0.2) is 12.3 Å². The zero-order chi connectivity index (χ0) is 20.6. The van der Waals surface area contributed by atoms with Gasteiger partial charge in [-0.15, -0.1) is 21.1 Å². The average Bonchev–Trinajstić information content (AvgIpc) is 3.34. The van der Waals surface area contributed by atoms with Crippen molar-refractivity contribution in [3.63, 3.8) is 0 Å². The summed E-state index contributed by atoms with van der Waals surface area (Å²) in [6, 6.07) is 2.50. The monoisotopic (exact) mass is 433 g/mol. The molecule has 10 heteroatoms. The summed E-state index contributed by atoms with van der Waals surface area (Å²) >= 11 is 1.95. The van der Waals surface area contributed by atoms with Crippen LogP contribution in [0.1, 0.15) is 22.4 Å². The van der Waals surface area contributed by atoms with E-state index in [1.54, 1.807) is 4.68 Å². The number of piperazine rings is 1. The van der Waals surface area contributed by atoms with Gasteiger partial charge in [0.25, 0.3) is 0 Å². The number of hydroxylamine groups is 2. The van der Waals surface area contributed by atoms with E-state index in [1.165, 1.54) is 15.4 Å². The molecule has 2 aromatic heterocycles. The summed E-state index contributed by atoms with van der Waals surface area (Å²) in [5, 5.41) is 11.3. The lowest BCUT2D eigenvalue weighted by atomic mass is 10.2. The van der Waals surface area contributed by atoms with Gasteiger partial charge in [-0.25, -0.2) is 4.68 Å². The molecule has 1 N–H and O–H groups in total. The Labute approximate surface area is 180 Å². The molecular weight excluding hydrogens is 404 g/mol. The van der Waals surface area contributed by atoms with Crippen LogP contribution in [-0.2, 0) is 40.3 Å². The SMILES string of the molecule is CCc1cc2c(s1)CCO[N+]21CCN(Cc2cn(CC(=O)NC3COC3)nn2)CC1. The predicted molar refractivity (Wildman–Crippen MR) is 113 cm³/mol. The number of amides is 1. The molecule has 2 saturated heterocycles. The van der Waals surface area contributed by atoms with Gasteiger partial charge in [-0.05, 0) is 6.42 Å². The molecule has 3 aliphatic rings. The van der Waals surface area contributed by atoms with E-state index in [-0.39, 0.29) is 18.5 Å². The number of nitrogens with zero attached hydrogens (tertiary/aromatic N) is 5. The average molecular weight is 434 g/mol. The second-order valence-corrected chi connectivity index (χ2v) is 9.50. The van der Waals surface area contributed by atoms with Gasteiger partial charge in [0.1, 0.15) is 26.2 Å². The minimum atomic E-state index is -0.0515. The van der Waals surface area contributed by atoms with Gasteiger partial charge in [-0.3, -0.25) is 9.69 Å². The first-order valence-corrected chi connectivity index (χ1v) is 11.6. The Morgan fingerprint density at radius 3 is 2.93 bits per heavy atom. The third-order valence-electron chi connectivity index (χ3n) is 6.13. The topological polar surface area (TPSA) is 81.5 Å². The number of thiophene rings is 1. The molecule has 5 heterocycles. The fraction of sp³-hybridized carbons (Fsp3) is 0.650. The zero-order valence-corrected chi connectivity index (χ0v) is 18.2. The van der Waals surface area contributed by atoms with E-state index in [0.29, 0.717) is 17.9 Å². The first-order chi connectivity index (χ1) is 14.6. The van der Waals surface area contributed by atoms with Gasteiger partial charge in [0.05, 0.1) is 49.1 Å². The number of rotatable bonds is 6. The van der Waals surface area contributed by atoms with Gasteiger partial charge in [-0.2, -0.15) is 4.84 Å². The smallest absolute Gasteiger partial charge is 0.242 e. The highest BCUT2D eigenvalue weighted by molar-refractivity contribution is 7.12. The largest absolute Gasteiger partial charge is 0.377 e. The maximum Gasteiger partial charge on any atom is 0.242 e. The molecule has 0 aromatic carbocycles. The van der Waals surface area contributed by atoms with Gasteiger partial charge in [0.2, 0.25) is 5.91 Å². The first-order valence-electron chi connectivity index (χ1n) is 10.8. The summed E-state index contributed by atoms with van der Waals surface area (Å²) in [4.78, 5) is 23.7. The number of fused-ring (bicyclic) bond motifs is 2. The fourth-order valence-electron chi connectivity index (χ4n) is 4.37. The maximum absolute atomic E-state index is 12.0. The number of hydrogen-bond donors (Lipinski definition) is 1. The molecular formula is C20H29N6O3S+. The van der Waals surface area contributed by atoms with Crippen molar-refractivity contribution in [2.45, 2.75) is 38.9 Å². The molecule has 2 aromatic rings. The highest BCUT2D eigenvalue weighted by atomic mass is 32.1. The van der Waals surface area contributed by atoms with Crippen molar-refractivity contribution < 1.29 is 14.4 Å². The van der Waals surface area contributed by atoms with Crippen molar-refractivity contribution in [2.75, 3.05) is 46.0 Å². The summed E-state index contributed by atoms with van der Waals surface area (Å²) in [6.07, 6.45) is 4.00. The predicted octanol–water partition coefficient (Wildman–Crippen LogP) is 0.728. The van der Waals surface area contributed by atoms with Gasteiger partial charge in [0.15, 0.2) is 5.69 Å². The van der Waals surface area contributed by atoms with Gasteiger partial charge in [-0.1, -0.05) is 12.1 Å². The quantitative estimate of drug-likeness (QED) is 0.677. The normalized spacial score (nSPS) is 21.4. The van der Waals surface area contributed by atoms with E-state index in [4.69, 9.17) is 9.57 Å². The number of carbonyl (C=O) groups excluding carboxylic acids is 1. The van der Waals surface area contributed by atoms with Crippen molar-refractivity contribution >= 4 is 22.9 Å². The van der Waals surface area contributed by atoms with Crippen LogP contribution in [0.3, 0.4) is 0 Å². The third-order valence-corrected chi connectivity index (χ3v) is 7.46. The molecule has 2 fully saturated rings. The molecule has 1 amide bonds. The number of quaternary nitrogens is 1. The van der Waals surface area contributed by atoms with Gasteiger partial charge < -0.3 is 10.1 Å². The molecule has 9 nitrogen and oxygen atoms in total. The molecule has 0 radical (unpaired) electrons. The Morgan fingerprint density at radius 1 is 1.37 bits per heavy atom. The van der Waals surface area contributed by atoms with Crippen LogP contribution in [0.5, 0.6) is 0 Å². The second-order valence-electron chi connectivity index (χ2n) is 8.28. The van der Waals surface area contributed by atoms with Crippen LogP contribution in [0.4, 0.5) is 5.69 Å². The lowest BCUT2D eigenvalue weighted by molar-refractivity contribution is -0.172. The molecule has 0 saturated carbocycles. The Morgan fingerprint density at radius 2 is 2.20 bits per heavy atom. The molecule has 162 valence electrons. The summed E-state index contributed by atoms with van der Waals surface area (Å²) in [6.45, 7) is 8.96. The van der Waals surface area contributed by atoms with Crippen LogP contribution >= 0.6 is 11.3 Å². The Hall–Kier alpha value is -1.85. The highest BCUT2D eigenvalue weighted by Gasteiger charge is 2.43. The van der Waals surface area contributed by atoms with Crippen LogP contribution in [0.2, 0.25) is 0 Å². The number of hydrogen-bond acceptors (Lipinski definition) is 7. The van der Waals surface area contributed by atoms with E-state index >= 15 is 0 Å². The fourth-order valence-corrected chi connectivity index (χ4v) is 5.51. The Balaban J connectivity index is 1.16. The summed E-state index contributed by atoms with van der Waals surface area (Å²) in [5.74, 6) is -0.0515. The van der Waals surface area contributed by atoms with Crippen molar-refractivity contribution in [1.29, 1.82) is 0 Å². The molecule has 3 aliphatic heterocycles. The van der Waals surface area contributed by atoms with Gasteiger partial charge in [0, 0.05) is 23.9 Å². The summed E-state index contributed by atoms with van der Waals surface area (Å²) in [7, 11) is 0. The van der Waals surface area contributed by atoms with Gasteiger partial charge >= 0.3 is 0 Å². The minimum absolute atomic E-state index is 0.0515. The van der Waals surface area contributed by atoms with E-state index in [9.17, 15) is 4.79 Å². The standard InChI is InChI=1S/C20H28N6O3S/c1-2-17-9-18-19(30-17)3-8-29-26(18)6-4-24(5-7-26)10-15-11-25(23-22-15)12-20(27)21-16-13-28-14-16/h9,11,16H,2-8,10,12-14H2,1H3/p+1. The van der Waals surface area contributed by atoms with E-state index < -0.39 is 0 Å².